The quantitative estimate of drug-likeness (QED) is 0.927. The fraction of sp³-hybridized carbons (Fsp3) is 0.143. The van der Waals surface area contributed by atoms with E-state index in [9.17, 15) is 4.79 Å². The van der Waals surface area contributed by atoms with Gasteiger partial charge in [0.2, 0.25) is 0 Å². The van der Waals surface area contributed by atoms with Gasteiger partial charge in [-0.1, -0.05) is 23.7 Å². The molecule has 0 radical (unpaired) electrons. The molecule has 98 valence electrons. The summed E-state index contributed by atoms with van der Waals surface area (Å²) >= 11 is 9.17. The van der Waals surface area contributed by atoms with Crippen LogP contribution in [0.3, 0.4) is 0 Å². The number of benzene rings is 1. The fourth-order valence-corrected chi connectivity index (χ4v) is 2.06. The first-order valence-corrected chi connectivity index (χ1v) is 6.96. The Bertz CT molecular complexity index is 572. The molecule has 2 aromatic rings. The molecule has 1 aromatic heterocycles. The standard InChI is InChI=1S/C14H12BrClN2O/c15-11-4-5-13(18-9-11)14(19)17-7-6-10-2-1-3-12(16)8-10/h1-5,8-9H,6-7H2,(H,17,19). The van der Waals surface area contributed by atoms with Crippen LogP contribution in [0.1, 0.15) is 16.1 Å². The lowest BCUT2D eigenvalue weighted by molar-refractivity contribution is 0.0949. The zero-order chi connectivity index (χ0) is 13.7. The summed E-state index contributed by atoms with van der Waals surface area (Å²) in [7, 11) is 0. The molecular formula is C14H12BrClN2O. The number of carbonyl (C=O) groups excluding carboxylic acids is 1. The van der Waals surface area contributed by atoms with Gasteiger partial charge in [-0.25, -0.2) is 4.98 Å². The van der Waals surface area contributed by atoms with Crippen LogP contribution >= 0.6 is 27.5 Å². The highest BCUT2D eigenvalue weighted by Gasteiger charge is 2.05. The molecule has 1 N–H and O–H groups in total. The number of halogens is 2. The van der Waals surface area contributed by atoms with Crippen molar-refractivity contribution in [3.8, 4) is 0 Å². The van der Waals surface area contributed by atoms with Gasteiger partial charge in [0.15, 0.2) is 0 Å². The molecule has 0 unspecified atom stereocenters. The van der Waals surface area contributed by atoms with Gasteiger partial charge in [-0.2, -0.15) is 0 Å². The van der Waals surface area contributed by atoms with Gasteiger partial charge in [0, 0.05) is 22.2 Å². The minimum absolute atomic E-state index is 0.172. The molecule has 0 spiro atoms. The highest BCUT2D eigenvalue weighted by atomic mass is 79.9. The summed E-state index contributed by atoms with van der Waals surface area (Å²) in [6.45, 7) is 0.552. The van der Waals surface area contributed by atoms with Gasteiger partial charge in [0.05, 0.1) is 0 Å². The SMILES string of the molecule is O=C(NCCc1cccc(Cl)c1)c1ccc(Br)cn1. The Hall–Kier alpha value is -1.39. The monoisotopic (exact) mass is 338 g/mol. The van der Waals surface area contributed by atoms with E-state index in [0.29, 0.717) is 17.3 Å². The maximum absolute atomic E-state index is 11.8. The molecule has 0 aliphatic heterocycles. The number of hydrogen-bond acceptors (Lipinski definition) is 2. The summed E-state index contributed by atoms with van der Waals surface area (Å²) in [5, 5.41) is 3.53. The fourth-order valence-electron chi connectivity index (χ4n) is 1.61. The molecule has 0 saturated heterocycles. The van der Waals surface area contributed by atoms with Crippen molar-refractivity contribution in [3.05, 3.63) is 63.3 Å². The van der Waals surface area contributed by atoms with Crippen molar-refractivity contribution in [1.82, 2.24) is 10.3 Å². The first-order valence-electron chi connectivity index (χ1n) is 5.79. The van der Waals surface area contributed by atoms with E-state index in [1.807, 2.05) is 24.3 Å². The van der Waals surface area contributed by atoms with Crippen molar-refractivity contribution in [3.63, 3.8) is 0 Å². The van der Waals surface area contributed by atoms with Gasteiger partial charge < -0.3 is 5.32 Å². The average Bonchev–Trinajstić information content (AvgIpc) is 2.39. The lowest BCUT2D eigenvalue weighted by Gasteiger charge is -2.05. The molecule has 2 rings (SSSR count). The van der Waals surface area contributed by atoms with Crippen molar-refractivity contribution < 1.29 is 4.79 Å². The van der Waals surface area contributed by atoms with Crippen LogP contribution in [0.25, 0.3) is 0 Å². The molecule has 1 amide bonds. The third-order valence-corrected chi connectivity index (χ3v) is 3.25. The second-order valence-electron chi connectivity index (χ2n) is 4.00. The number of hydrogen-bond donors (Lipinski definition) is 1. The summed E-state index contributed by atoms with van der Waals surface area (Å²) in [4.78, 5) is 15.8. The van der Waals surface area contributed by atoms with Gasteiger partial charge >= 0.3 is 0 Å². The number of amides is 1. The molecule has 19 heavy (non-hydrogen) atoms. The number of nitrogens with zero attached hydrogens (tertiary/aromatic N) is 1. The van der Waals surface area contributed by atoms with E-state index in [1.54, 1.807) is 18.3 Å². The summed E-state index contributed by atoms with van der Waals surface area (Å²) in [5.74, 6) is -0.172. The number of carbonyl (C=O) groups is 1. The Kier molecular flexibility index (Phi) is 4.93. The Balaban J connectivity index is 1.86. The lowest BCUT2D eigenvalue weighted by Crippen LogP contribution is -2.26. The highest BCUT2D eigenvalue weighted by Crippen LogP contribution is 2.11. The molecule has 1 aromatic carbocycles. The van der Waals surface area contributed by atoms with Gasteiger partial charge in [0.25, 0.3) is 5.91 Å². The van der Waals surface area contributed by atoms with Gasteiger partial charge in [-0.3, -0.25) is 4.79 Å². The van der Waals surface area contributed by atoms with Crippen LogP contribution < -0.4 is 5.32 Å². The Morgan fingerprint density at radius 1 is 1.32 bits per heavy atom. The molecule has 0 aliphatic carbocycles. The highest BCUT2D eigenvalue weighted by molar-refractivity contribution is 9.10. The van der Waals surface area contributed by atoms with E-state index in [2.05, 4.69) is 26.2 Å². The summed E-state index contributed by atoms with van der Waals surface area (Å²) in [5.41, 5.74) is 1.51. The molecule has 1 heterocycles. The maximum atomic E-state index is 11.8. The molecule has 0 saturated carbocycles. The van der Waals surface area contributed by atoms with Crippen molar-refractivity contribution in [2.45, 2.75) is 6.42 Å². The van der Waals surface area contributed by atoms with Gasteiger partial charge in [-0.15, -0.1) is 0 Å². The largest absolute Gasteiger partial charge is 0.350 e. The minimum Gasteiger partial charge on any atom is -0.350 e. The van der Waals surface area contributed by atoms with Crippen LogP contribution in [0.5, 0.6) is 0 Å². The first-order chi connectivity index (χ1) is 9.15. The smallest absolute Gasteiger partial charge is 0.269 e. The molecule has 0 bridgehead atoms. The van der Waals surface area contributed by atoms with Crippen LogP contribution in [-0.2, 0) is 6.42 Å². The average molecular weight is 340 g/mol. The number of nitrogens with one attached hydrogen (secondary N) is 1. The van der Waals surface area contributed by atoms with E-state index >= 15 is 0 Å². The molecule has 5 heteroatoms. The Labute approximate surface area is 125 Å². The third-order valence-electron chi connectivity index (χ3n) is 2.55. The minimum atomic E-state index is -0.172. The maximum Gasteiger partial charge on any atom is 0.269 e. The van der Waals surface area contributed by atoms with Crippen LogP contribution in [0.2, 0.25) is 5.02 Å². The molecule has 0 fully saturated rings. The van der Waals surface area contributed by atoms with E-state index in [0.717, 1.165) is 16.5 Å². The Morgan fingerprint density at radius 3 is 2.84 bits per heavy atom. The third kappa shape index (κ3) is 4.33. The van der Waals surface area contributed by atoms with Crippen molar-refractivity contribution in [2.75, 3.05) is 6.54 Å². The zero-order valence-corrected chi connectivity index (χ0v) is 12.4. The van der Waals surface area contributed by atoms with E-state index in [1.165, 1.54) is 0 Å². The topological polar surface area (TPSA) is 42.0 Å². The van der Waals surface area contributed by atoms with Gasteiger partial charge in [0.1, 0.15) is 5.69 Å². The van der Waals surface area contributed by atoms with E-state index in [4.69, 9.17) is 11.6 Å². The molecule has 3 nitrogen and oxygen atoms in total. The predicted octanol–water partition coefficient (Wildman–Crippen LogP) is 3.47. The predicted molar refractivity (Wildman–Crippen MR) is 79.4 cm³/mol. The Morgan fingerprint density at radius 2 is 2.16 bits per heavy atom. The lowest BCUT2D eigenvalue weighted by atomic mass is 10.1. The van der Waals surface area contributed by atoms with Crippen molar-refractivity contribution in [2.24, 2.45) is 0 Å². The molecule has 0 atom stereocenters. The summed E-state index contributed by atoms with van der Waals surface area (Å²) in [6, 6.07) is 11.1. The summed E-state index contributed by atoms with van der Waals surface area (Å²) in [6.07, 6.45) is 2.34. The normalized spacial score (nSPS) is 10.2. The van der Waals surface area contributed by atoms with Crippen LogP contribution in [0.15, 0.2) is 47.1 Å². The zero-order valence-electron chi connectivity index (χ0n) is 10.1. The number of pyridine rings is 1. The van der Waals surface area contributed by atoms with Crippen molar-refractivity contribution >= 4 is 33.4 Å². The van der Waals surface area contributed by atoms with Crippen LogP contribution in [0.4, 0.5) is 0 Å². The number of rotatable bonds is 4. The van der Waals surface area contributed by atoms with Gasteiger partial charge in [-0.05, 0) is 52.2 Å². The van der Waals surface area contributed by atoms with E-state index in [-0.39, 0.29) is 5.91 Å². The van der Waals surface area contributed by atoms with E-state index < -0.39 is 0 Å². The van der Waals surface area contributed by atoms with Crippen LogP contribution in [-0.4, -0.2) is 17.4 Å². The molecule has 0 aliphatic rings. The molecular weight excluding hydrogens is 328 g/mol. The van der Waals surface area contributed by atoms with Crippen molar-refractivity contribution in [1.29, 1.82) is 0 Å². The first kappa shape index (κ1) is 14.0. The number of aromatic nitrogens is 1. The second-order valence-corrected chi connectivity index (χ2v) is 5.35. The van der Waals surface area contributed by atoms with Crippen LogP contribution in [0, 0.1) is 0 Å². The second kappa shape index (κ2) is 6.68. The summed E-state index contributed by atoms with van der Waals surface area (Å²) < 4.78 is 0.850.